The summed E-state index contributed by atoms with van der Waals surface area (Å²) in [5, 5.41) is 1.61. The van der Waals surface area contributed by atoms with Gasteiger partial charge in [-0.25, -0.2) is 14.4 Å². The normalized spacial score (nSPS) is 13.5. The summed E-state index contributed by atoms with van der Waals surface area (Å²) in [4.78, 5) is 16.2. The molecule has 0 saturated heterocycles. The van der Waals surface area contributed by atoms with Crippen LogP contribution >= 0.6 is 11.6 Å². The number of halogens is 2. The van der Waals surface area contributed by atoms with Crippen LogP contribution in [0.2, 0.25) is 5.02 Å². The number of aryl methyl sites for hydroxylation is 2. The highest BCUT2D eigenvalue weighted by Crippen LogP contribution is 2.32. The highest BCUT2D eigenvalue weighted by atomic mass is 35.5. The SMILES string of the molecule is Cc1nc(N2CCc3ncc(-c4cc(F)ccc4C)cc3C2)c2cc(Cl)ccc2n1. The molecule has 1 aliphatic rings. The minimum atomic E-state index is -0.241. The summed E-state index contributed by atoms with van der Waals surface area (Å²) in [7, 11) is 0. The van der Waals surface area contributed by atoms with Crippen molar-refractivity contribution < 1.29 is 4.39 Å². The molecule has 2 aromatic heterocycles. The summed E-state index contributed by atoms with van der Waals surface area (Å²) >= 11 is 6.25. The van der Waals surface area contributed by atoms with Gasteiger partial charge in [0.2, 0.25) is 0 Å². The number of pyridine rings is 1. The Balaban J connectivity index is 1.56. The van der Waals surface area contributed by atoms with Crippen LogP contribution in [0.4, 0.5) is 10.2 Å². The third kappa shape index (κ3) is 3.39. The Morgan fingerprint density at radius 1 is 1.03 bits per heavy atom. The highest BCUT2D eigenvalue weighted by Gasteiger charge is 2.22. The van der Waals surface area contributed by atoms with Crippen molar-refractivity contribution in [2.75, 3.05) is 11.4 Å². The van der Waals surface area contributed by atoms with Crippen LogP contribution in [0.15, 0.2) is 48.7 Å². The molecular weight excluding hydrogens is 399 g/mol. The number of aromatic nitrogens is 3. The molecule has 0 bridgehead atoms. The van der Waals surface area contributed by atoms with E-state index in [1.807, 2.05) is 38.2 Å². The van der Waals surface area contributed by atoms with Crippen molar-refractivity contribution in [2.45, 2.75) is 26.8 Å². The van der Waals surface area contributed by atoms with Gasteiger partial charge in [0.25, 0.3) is 0 Å². The molecule has 0 fully saturated rings. The summed E-state index contributed by atoms with van der Waals surface area (Å²) in [6.07, 6.45) is 2.67. The van der Waals surface area contributed by atoms with E-state index >= 15 is 0 Å². The number of hydrogen-bond acceptors (Lipinski definition) is 4. The average molecular weight is 419 g/mol. The van der Waals surface area contributed by atoms with Crippen LogP contribution in [0.25, 0.3) is 22.0 Å². The Morgan fingerprint density at radius 3 is 2.77 bits per heavy atom. The van der Waals surface area contributed by atoms with Gasteiger partial charge in [0.1, 0.15) is 17.5 Å². The quantitative estimate of drug-likeness (QED) is 0.421. The lowest BCUT2D eigenvalue weighted by molar-refractivity contribution is 0.628. The number of benzene rings is 2. The van der Waals surface area contributed by atoms with E-state index in [1.54, 1.807) is 12.1 Å². The Bertz CT molecular complexity index is 1290. The molecule has 30 heavy (non-hydrogen) atoms. The number of hydrogen-bond donors (Lipinski definition) is 0. The number of rotatable bonds is 2. The van der Waals surface area contributed by atoms with E-state index in [4.69, 9.17) is 16.6 Å². The molecule has 0 saturated carbocycles. The monoisotopic (exact) mass is 418 g/mol. The van der Waals surface area contributed by atoms with Crippen molar-refractivity contribution >= 4 is 28.3 Å². The van der Waals surface area contributed by atoms with Crippen molar-refractivity contribution in [2.24, 2.45) is 0 Å². The maximum atomic E-state index is 13.8. The fraction of sp³-hybridized carbons (Fsp3) is 0.208. The predicted octanol–water partition coefficient (Wildman–Crippen LogP) is 5.66. The van der Waals surface area contributed by atoms with E-state index in [-0.39, 0.29) is 5.82 Å². The first kappa shape index (κ1) is 18.9. The van der Waals surface area contributed by atoms with Crippen LogP contribution in [0.3, 0.4) is 0 Å². The third-order valence-electron chi connectivity index (χ3n) is 5.60. The Morgan fingerprint density at radius 2 is 1.90 bits per heavy atom. The summed E-state index contributed by atoms with van der Waals surface area (Å²) in [6, 6.07) is 12.7. The van der Waals surface area contributed by atoms with Crippen LogP contribution in [0.1, 0.15) is 22.6 Å². The Hall–Kier alpha value is -3.05. The molecule has 150 valence electrons. The van der Waals surface area contributed by atoms with Crippen molar-refractivity contribution in [3.8, 4) is 11.1 Å². The molecule has 1 aliphatic heterocycles. The van der Waals surface area contributed by atoms with Gasteiger partial charge in [-0.2, -0.15) is 0 Å². The molecule has 3 heterocycles. The molecule has 5 rings (SSSR count). The van der Waals surface area contributed by atoms with E-state index in [1.165, 1.54) is 6.07 Å². The first-order valence-electron chi connectivity index (χ1n) is 9.91. The second-order valence-corrected chi connectivity index (χ2v) is 8.15. The van der Waals surface area contributed by atoms with Gasteiger partial charge in [-0.05, 0) is 66.9 Å². The second-order valence-electron chi connectivity index (χ2n) is 7.72. The summed E-state index contributed by atoms with van der Waals surface area (Å²) in [6.45, 7) is 5.39. The van der Waals surface area contributed by atoms with Gasteiger partial charge in [0.15, 0.2) is 0 Å². The van der Waals surface area contributed by atoms with Gasteiger partial charge in [-0.1, -0.05) is 17.7 Å². The van der Waals surface area contributed by atoms with Crippen LogP contribution in [-0.4, -0.2) is 21.5 Å². The topological polar surface area (TPSA) is 41.9 Å². The fourth-order valence-corrected chi connectivity index (χ4v) is 4.27. The lowest BCUT2D eigenvalue weighted by Crippen LogP contribution is -2.32. The fourth-order valence-electron chi connectivity index (χ4n) is 4.10. The first-order chi connectivity index (χ1) is 14.5. The van der Waals surface area contributed by atoms with Crippen molar-refractivity contribution in [1.29, 1.82) is 0 Å². The van der Waals surface area contributed by atoms with Gasteiger partial charge >= 0.3 is 0 Å². The van der Waals surface area contributed by atoms with E-state index in [9.17, 15) is 4.39 Å². The molecule has 0 spiro atoms. The third-order valence-corrected chi connectivity index (χ3v) is 5.83. The number of fused-ring (bicyclic) bond motifs is 2. The van der Waals surface area contributed by atoms with E-state index in [2.05, 4.69) is 20.9 Å². The van der Waals surface area contributed by atoms with Gasteiger partial charge in [-0.15, -0.1) is 0 Å². The Kier molecular flexibility index (Phi) is 4.63. The smallest absolute Gasteiger partial charge is 0.140 e. The zero-order valence-electron chi connectivity index (χ0n) is 16.8. The molecule has 4 nitrogen and oxygen atoms in total. The van der Waals surface area contributed by atoms with Crippen LogP contribution in [-0.2, 0) is 13.0 Å². The molecule has 6 heteroatoms. The minimum Gasteiger partial charge on any atom is -0.351 e. The molecule has 0 N–H and O–H groups in total. The van der Waals surface area contributed by atoms with Crippen molar-refractivity contribution in [1.82, 2.24) is 15.0 Å². The lowest BCUT2D eigenvalue weighted by atomic mass is 9.97. The zero-order valence-corrected chi connectivity index (χ0v) is 17.5. The number of anilines is 1. The second kappa shape index (κ2) is 7.33. The molecule has 0 unspecified atom stereocenters. The average Bonchev–Trinajstić information content (AvgIpc) is 2.74. The van der Waals surface area contributed by atoms with Crippen molar-refractivity contribution in [3.63, 3.8) is 0 Å². The molecule has 0 amide bonds. The van der Waals surface area contributed by atoms with E-state index in [0.717, 1.165) is 63.5 Å². The maximum Gasteiger partial charge on any atom is 0.140 e. The largest absolute Gasteiger partial charge is 0.351 e. The standard InChI is InChI=1S/C24H20ClFN4/c1-14-3-5-19(26)11-20(14)16-9-17-13-30(8-7-22(17)27-12-16)24-21-10-18(25)4-6-23(21)28-15(2)29-24/h3-6,9-12H,7-8,13H2,1-2H3. The summed E-state index contributed by atoms with van der Waals surface area (Å²) < 4.78 is 13.8. The molecule has 0 aliphatic carbocycles. The zero-order chi connectivity index (χ0) is 20.8. The predicted molar refractivity (Wildman–Crippen MR) is 118 cm³/mol. The van der Waals surface area contributed by atoms with Crippen molar-refractivity contribution in [3.05, 3.63) is 82.1 Å². The van der Waals surface area contributed by atoms with Crippen LogP contribution < -0.4 is 4.90 Å². The summed E-state index contributed by atoms with van der Waals surface area (Å²) in [5.41, 5.74) is 5.93. The molecular formula is C24H20ClFN4. The molecule has 0 atom stereocenters. The van der Waals surface area contributed by atoms with E-state index < -0.39 is 0 Å². The maximum absolute atomic E-state index is 13.8. The van der Waals surface area contributed by atoms with E-state index in [0.29, 0.717) is 11.6 Å². The molecule has 0 radical (unpaired) electrons. The molecule has 4 aromatic rings. The minimum absolute atomic E-state index is 0.241. The van der Waals surface area contributed by atoms with Gasteiger partial charge < -0.3 is 4.90 Å². The van der Waals surface area contributed by atoms with Gasteiger partial charge in [-0.3, -0.25) is 4.98 Å². The number of nitrogens with zero attached hydrogens (tertiary/aromatic N) is 4. The summed E-state index contributed by atoms with van der Waals surface area (Å²) in [5.74, 6) is 1.38. The Labute approximate surface area is 179 Å². The first-order valence-corrected chi connectivity index (χ1v) is 10.3. The lowest BCUT2D eigenvalue weighted by Gasteiger charge is -2.30. The van der Waals surface area contributed by atoms with Crippen LogP contribution in [0, 0.1) is 19.7 Å². The molecule has 2 aromatic carbocycles. The van der Waals surface area contributed by atoms with Crippen LogP contribution in [0.5, 0.6) is 0 Å². The van der Waals surface area contributed by atoms with Gasteiger partial charge in [0, 0.05) is 47.4 Å². The highest BCUT2D eigenvalue weighted by molar-refractivity contribution is 6.31. The van der Waals surface area contributed by atoms with Gasteiger partial charge in [0.05, 0.1) is 5.52 Å².